The molecule has 0 aliphatic heterocycles. The molecule has 3 aromatic rings. The molecular weight excluding hydrogens is 308 g/mol. The third kappa shape index (κ3) is 2.61. The Morgan fingerprint density at radius 1 is 1.26 bits per heavy atom. The van der Waals surface area contributed by atoms with E-state index in [2.05, 4.69) is 11.1 Å². The fraction of sp³-hybridized carbons (Fsp3) is 0.278. The van der Waals surface area contributed by atoms with Crippen molar-refractivity contribution in [1.82, 2.24) is 9.55 Å². The van der Waals surface area contributed by atoms with Crippen LogP contribution >= 0.6 is 11.3 Å². The first-order valence-corrected chi connectivity index (χ1v) is 8.34. The lowest BCUT2D eigenvalue weighted by molar-refractivity contribution is -0.119. The van der Waals surface area contributed by atoms with Gasteiger partial charge in [-0.05, 0) is 38.8 Å². The fourth-order valence-corrected chi connectivity index (χ4v) is 3.63. The van der Waals surface area contributed by atoms with Gasteiger partial charge in [0.05, 0.1) is 17.8 Å². The Balaban J connectivity index is 2.29. The SMILES string of the molecule is CC(=O)C(C)n1cnc2scc(-c3ccc(C)cc3C)c2c1=O. The first kappa shape index (κ1) is 15.6. The maximum atomic E-state index is 12.9. The normalized spacial score (nSPS) is 12.5. The van der Waals surface area contributed by atoms with E-state index in [1.807, 2.05) is 31.4 Å². The summed E-state index contributed by atoms with van der Waals surface area (Å²) in [6.45, 7) is 7.30. The highest BCUT2D eigenvalue weighted by Gasteiger charge is 2.18. The molecule has 4 nitrogen and oxygen atoms in total. The lowest BCUT2D eigenvalue weighted by Gasteiger charge is -2.12. The highest BCUT2D eigenvalue weighted by atomic mass is 32.1. The monoisotopic (exact) mass is 326 g/mol. The van der Waals surface area contributed by atoms with Crippen molar-refractivity contribution in [1.29, 1.82) is 0 Å². The number of benzene rings is 1. The molecule has 0 fully saturated rings. The molecule has 1 aromatic carbocycles. The lowest BCUT2D eigenvalue weighted by Crippen LogP contribution is -2.27. The van der Waals surface area contributed by atoms with Crippen LogP contribution in [0.25, 0.3) is 21.3 Å². The Kier molecular flexibility index (Phi) is 3.90. The van der Waals surface area contributed by atoms with E-state index in [-0.39, 0.29) is 11.3 Å². The van der Waals surface area contributed by atoms with Crippen molar-refractivity contribution in [3.8, 4) is 11.1 Å². The number of carbonyl (C=O) groups excluding carboxylic acids is 1. The molecule has 3 rings (SSSR count). The number of hydrogen-bond donors (Lipinski definition) is 0. The first-order valence-electron chi connectivity index (χ1n) is 7.46. The fourth-order valence-electron chi connectivity index (χ4n) is 2.73. The van der Waals surface area contributed by atoms with Crippen LogP contribution < -0.4 is 5.56 Å². The molecule has 0 spiro atoms. The van der Waals surface area contributed by atoms with E-state index in [0.29, 0.717) is 10.2 Å². The molecule has 2 heterocycles. The van der Waals surface area contributed by atoms with Crippen LogP contribution in [0.5, 0.6) is 0 Å². The van der Waals surface area contributed by atoms with Crippen LogP contribution in [0.4, 0.5) is 0 Å². The molecule has 0 saturated carbocycles. The van der Waals surface area contributed by atoms with E-state index in [9.17, 15) is 9.59 Å². The second kappa shape index (κ2) is 5.74. The van der Waals surface area contributed by atoms with Crippen LogP contribution in [-0.2, 0) is 4.79 Å². The van der Waals surface area contributed by atoms with Crippen molar-refractivity contribution in [3.05, 3.63) is 51.4 Å². The average molecular weight is 326 g/mol. The van der Waals surface area contributed by atoms with Gasteiger partial charge in [-0.3, -0.25) is 14.2 Å². The van der Waals surface area contributed by atoms with Gasteiger partial charge in [0.15, 0.2) is 5.78 Å². The number of aryl methyl sites for hydroxylation is 2. The van der Waals surface area contributed by atoms with Gasteiger partial charge >= 0.3 is 0 Å². The number of rotatable bonds is 3. The van der Waals surface area contributed by atoms with Crippen LogP contribution in [0.3, 0.4) is 0 Å². The highest BCUT2D eigenvalue weighted by molar-refractivity contribution is 7.17. The summed E-state index contributed by atoms with van der Waals surface area (Å²) in [4.78, 5) is 29.6. The summed E-state index contributed by atoms with van der Waals surface area (Å²) in [5, 5.41) is 2.57. The van der Waals surface area contributed by atoms with Crippen LogP contribution in [0.2, 0.25) is 0 Å². The topological polar surface area (TPSA) is 52.0 Å². The molecule has 23 heavy (non-hydrogen) atoms. The van der Waals surface area contributed by atoms with Crippen LogP contribution in [-0.4, -0.2) is 15.3 Å². The average Bonchev–Trinajstić information content (AvgIpc) is 2.91. The number of carbonyl (C=O) groups is 1. The van der Waals surface area contributed by atoms with Gasteiger partial charge in [0.1, 0.15) is 4.83 Å². The molecule has 0 saturated heterocycles. The molecule has 5 heteroatoms. The van der Waals surface area contributed by atoms with Crippen molar-refractivity contribution < 1.29 is 4.79 Å². The summed E-state index contributed by atoms with van der Waals surface area (Å²) >= 11 is 1.46. The summed E-state index contributed by atoms with van der Waals surface area (Å²) in [5.74, 6) is -0.0588. The molecule has 0 aliphatic rings. The molecule has 118 valence electrons. The zero-order chi connectivity index (χ0) is 16.7. The van der Waals surface area contributed by atoms with E-state index in [0.717, 1.165) is 16.7 Å². The first-order chi connectivity index (χ1) is 10.9. The smallest absolute Gasteiger partial charge is 0.263 e. The number of thiophene rings is 1. The number of ketones is 1. The molecule has 0 N–H and O–H groups in total. The van der Waals surface area contributed by atoms with Crippen molar-refractivity contribution >= 4 is 27.3 Å². The minimum Gasteiger partial charge on any atom is -0.298 e. The maximum Gasteiger partial charge on any atom is 0.263 e. The number of fused-ring (bicyclic) bond motifs is 1. The van der Waals surface area contributed by atoms with E-state index < -0.39 is 6.04 Å². The third-order valence-corrected chi connectivity index (χ3v) is 5.08. The third-order valence-electron chi connectivity index (χ3n) is 4.20. The van der Waals surface area contributed by atoms with E-state index in [1.54, 1.807) is 6.92 Å². The predicted octanol–water partition coefficient (Wildman–Crippen LogP) is 3.89. The molecule has 1 unspecified atom stereocenters. The van der Waals surface area contributed by atoms with Gasteiger partial charge in [0, 0.05) is 10.9 Å². The minimum atomic E-state index is -0.508. The molecular formula is C18H18N2O2S. The summed E-state index contributed by atoms with van der Waals surface area (Å²) in [6.07, 6.45) is 1.47. The largest absolute Gasteiger partial charge is 0.298 e. The summed E-state index contributed by atoms with van der Waals surface area (Å²) in [7, 11) is 0. The van der Waals surface area contributed by atoms with E-state index >= 15 is 0 Å². The molecule has 0 radical (unpaired) electrons. The standard InChI is InChI=1S/C18H18N2O2S/c1-10-5-6-14(11(2)7-10)15-8-23-17-16(15)18(22)20(9-19-17)12(3)13(4)21/h5-9,12H,1-4H3. The molecule has 2 aromatic heterocycles. The molecule has 0 aliphatic carbocycles. The Hall–Kier alpha value is -2.27. The van der Waals surface area contributed by atoms with Gasteiger partial charge in [-0.2, -0.15) is 0 Å². The zero-order valence-electron chi connectivity index (χ0n) is 13.6. The quantitative estimate of drug-likeness (QED) is 0.733. The number of Topliss-reactive ketones (excluding diaryl/α,β-unsaturated/α-hetero) is 1. The Labute approximate surface area is 138 Å². The lowest BCUT2D eigenvalue weighted by atomic mass is 9.99. The van der Waals surface area contributed by atoms with Gasteiger partial charge in [0.2, 0.25) is 0 Å². The molecule has 0 bridgehead atoms. The predicted molar refractivity (Wildman–Crippen MR) is 94.2 cm³/mol. The Morgan fingerprint density at radius 2 is 2.00 bits per heavy atom. The van der Waals surface area contributed by atoms with Crippen molar-refractivity contribution in [2.45, 2.75) is 33.7 Å². The second-order valence-electron chi connectivity index (χ2n) is 5.89. The zero-order valence-corrected chi connectivity index (χ0v) is 14.4. The van der Waals surface area contributed by atoms with Gasteiger partial charge in [-0.25, -0.2) is 4.98 Å². The summed E-state index contributed by atoms with van der Waals surface area (Å²) in [6, 6.07) is 5.67. The molecule has 0 amide bonds. The van der Waals surface area contributed by atoms with Gasteiger partial charge in [-0.15, -0.1) is 11.3 Å². The second-order valence-corrected chi connectivity index (χ2v) is 6.75. The highest BCUT2D eigenvalue weighted by Crippen LogP contribution is 2.33. The van der Waals surface area contributed by atoms with Crippen LogP contribution in [0, 0.1) is 13.8 Å². The summed E-state index contributed by atoms with van der Waals surface area (Å²) in [5.41, 5.74) is 4.08. The number of nitrogens with zero attached hydrogens (tertiary/aromatic N) is 2. The van der Waals surface area contributed by atoms with E-state index in [1.165, 1.54) is 34.7 Å². The van der Waals surface area contributed by atoms with Gasteiger partial charge < -0.3 is 0 Å². The number of hydrogen-bond acceptors (Lipinski definition) is 4. The molecule has 1 atom stereocenters. The summed E-state index contributed by atoms with van der Waals surface area (Å²) < 4.78 is 1.42. The Bertz CT molecular complexity index is 969. The van der Waals surface area contributed by atoms with Crippen molar-refractivity contribution in [3.63, 3.8) is 0 Å². The van der Waals surface area contributed by atoms with Gasteiger partial charge in [0.25, 0.3) is 5.56 Å². The van der Waals surface area contributed by atoms with Crippen molar-refractivity contribution in [2.75, 3.05) is 0 Å². The Morgan fingerprint density at radius 3 is 2.65 bits per heavy atom. The minimum absolute atomic E-state index is 0.0588. The van der Waals surface area contributed by atoms with E-state index in [4.69, 9.17) is 0 Å². The van der Waals surface area contributed by atoms with Gasteiger partial charge in [-0.1, -0.05) is 23.8 Å². The maximum absolute atomic E-state index is 12.9. The number of aromatic nitrogens is 2. The van der Waals surface area contributed by atoms with Crippen LogP contribution in [0.15, 0.2) is 34.7 Å². The van der Waals surface area contributed by atoms with Crippen molar-refractivity contribution in [2.24, 2.45) is 0 Å². The van der Waals surface area contributed by atoms with Crippen LogP contribution in [0.1, 0.15) is 31.0 Å².